The maximum absolute atomic E-state index is 13.0. The number of methoxy groups -OCH3 is 1. The van der Waals surface area contributed by atoms with Crippen molar-refractivity contribution in [1.29, 1.82) is 0 Å². The number of rotatable bonds is 7. The summed E-state index contributed by atoms with van der Waals surface area (Å²) in [5, 5.41) is 4.78. The first kappa shape index (κ1) is 19.0. The monoisotopic (exact) mass is 383 g/mol. The van der Waals surface area contributed by atoms with Crippen LogP contribution in [0, 0.1) is 0 Å². The van der Waals surface area contributed by atoms with Crippen LogP contribution >= 0.6 is 11.6 Å². The maximum atomic E-state index is 13.0. The smallest absolute Gasteiger partial charge is 0.272 e. The van der Waals surface area contributed by atoms with Gasteiger partial charge in [-0.3, -0.25) is 9.48 Å². The van der Waals surface area contributed by atoms with E-state index in [0.717, 1.165) is 23.3 Å². The highest BCUT2D eigenvalue weighted by Gasteiger charge is 2.19. The summed E-state index contributed by atoms with van der Waals surface area (Å²) in [4.78, 5) is 14.9. The Morgan fingerprint density at radius 3 is 2.56 bits per heavy atom. The molecule has 6 heteroatoms. The Morgan fingerprint density at radius 1 is 1.15 bits per heavy atom. The molecule has 0 unspecified atom stereocenters. The van der Waals surface area contributed by atoms with Gasteiger partial charge in [0.25, 0.3) is 5.91 Å². The van der Waals surface area contributed by atoms with Gasteiger partial charge in [0.05, 0.1) is 7.11 Å². The summed E-state index contributed by atoms with van der Waals surface area (Å²) < 4.78 is 6.80. The molecule has 0 fully saturated rings. The summed E-state index contributed by atoms with van der Waals surface area (Å²) in [7, 11) is 3.42. The largest absolute Gasteiger partial charge is 0.497 e. The van der Waals surface area contributed by atoms with Gasteiger partial charge in [-0.15, -0.1) is 0 Å². The molecule has 27 heavy (non-hydrogen) atoms. The summed E-state index contributed by atoms with van der Waals surface area (Å²) in [6.45, 7) is 1.07. The van der Waals surface area contributed by atoms with Crippen molar-refractivity contribution in [2.75, 3.05) is 13.7 Å². The zero-order valence-corrected chi connectivity index (χ0v) is 16.2. The van der Waals surface area contributed by atoms with Gasteiger partial charge in [-0.05, 0) is 47.9 Å². The van der Waals surface area contributed by atoms with E-state index in [1.54, 1.807) is 31.1 Å². The first-order valence-corrected chi connectivity index (χ1v) is 9.09. The van der Waals surface area contributed by atoms with Gasteiger partial charge in [-0.1, -0.05) is 35.9 Å². The lowest BCUT2D eigenvalue weighted by atomic mass is 10.1. The predicted octanol–water partition coefficient (Wildman–Crippen LogP) is 3.97. The molecule has 0 aliphatic heterocycles. The number of nitrogens with zero attached hydrogens (tertiary/aromatic N) is 3. The quantitative estimate of drug-likeness (QED) is 0.620. The molecule has 0 bridgehead atoms. The van der Waals surface area contributed by atoms with Gasteiger partial charge >= 0.3 is 0 Å². The Bertz CT molecular complexity index is 906. The molecule has 0 aliphatic rings. The zero-order valence-electron chi connectivity index (χ0n) is 15.4. The average molecular weight is 384 g/mol. The number of benzene rings is 2. The predicted molar refractivity (Wildman–Crippen MR) is 106 cm³/mol. The third-order valence-electron chi connectivity index (χ3n) is 4.42. The van der Waals surface area contributed by atoms with Crippen molar-refractivity contribution in [3.63, 3.8) is 0 Å². The minimum atomic E-state index is -0.0523. The number of hydrogen-bond donors (Lipinski definition) is 0. The summed E-state index contributed by atoms with van der Waals surface area (Å²) >= 11 is 6.10. The van der Waals surface area contributed by atoms with E-state index >= 15 is 0 Å². The van der Waals surface area contributed by atoms with Gasteiger partial charge in [0.1, 0.15) is 11.4 Å². The molecular weight excluding hydrogens is 362 g/mol. The van der Waals surface area contributed by atoms with E-state index in [-0.39, 0.29) is 5.91 Å². The SMILES string of the molecule is COc1ccc(CCN(Cc2cccc(Cl)c2)C(=O)c2ccnn2C)cc1. The van der Waals surface area contributed by atoms with Crippen LogP contribution in [0.4, 0.5) is 0 Å². The molecule has 0 atom stereocenters. The lowest BCUT2D eigenvalue weighted by Gasteiger charge is -2.23. The molecule has 0 saturated carbocycles. The Balaban J connectivity index is 1.78. The van der Waals surface area contributed by atoms with Gasteiger partial charge < -0.3 is 9.64 Å². The van der Waals surface area contributed by atoms with E-state index in [4.69, 9.17) is 16.3 Å². The average Bonchev–Trinajstić information content (AvgIpc) is 3.11. The maximum Gasteiger partial charge on any atom is 0.272 e. The molecule has 3 rings (SSSR count). The first-order chi connectivity index (χ1) is 13.1. The number of carbonyl (C=O) groups excluding carboxylic acids is 1. The molecular formula is C21H22ClN3O2. The lowest BCUT2D eigenvalue weighted by Crippen LogP contribution is -2.33. The van der Waals surface area contributed by atoms with Crippen LogP contribution in [0.25, 0.3) is 0 Å². The van der Waals surface area contributed by atoms with Crippen molar-refractivity contribution in [1.82, 2.24) is 14.7 Å². The van der Waals surface area contributed by atoms with Crippen LogP contribution in [0.2, 0.25) is 5.02 Å². The van der Waals surface area contributed by atoms with E-state index < -0.39 is 0 Å². The molecule has 1 amide bonds. The van der Waals surface area contributed by atoms with Gasteiger partial charge in [0, 0.05) is 31.4 Å². The van der Waals surface area contributed by atoms with Crippen LogP contribution in [0.15, 0.2) is 60.8 Å². The van der Waals surface area contributed by atoms with Crippen molar-refractivity contribution in [3.05, 3.63) is 82.6 Å². The number of halogens is 1. The first-order valence-electron chi connectivity index (χ1n) is 8.71. The number of ether oxygens (including phenoxy) is 1. The molecule has 1 aromatic heterocycles. The molecule has 5 nitrogen and oxygen atoms in total. The van der Waals surface area contributed by atoms with Crippen LogP contribution in [0.3, 0.4) is 0 Å². The van der Waals surface area contributed by atoms with E-state index in [1.165, 1.54) is 0 Å². The molecule has 1 heterocycles. The standard InChI is InChI=1S/C21H22ClN3O2/c1-24-20(10-12-23-24)21(26)25(15-17-4-3-5-18(22)14-17)13-11-16-6-8-19(27-2)9-7-16/h3-10,12,14H,11,13,15H2,1-2H3. The van der Waals surface area contributed by atoms with Crippen LogP contribution < -0.4 is 4.74 Å². The Kier molecular flexibility index (Phi) is 6.14. The third kappa shape index (κ3) is 4.89. The molecule has 0 N–H and O–H groups in total. The zero-order chi connectivity index (χ0) is 19.2. The molecule has 0 saturated heterocycles. The van der Waals surface area contributed by atoms with Crippen molar-refractivity contribution in [2.45, 2.75) is 13.0 Å². The highest BCUT2D eigenvalue weighted by atomic mass is 35.5. The molecule has 0 radical (unpaired) electrons. The number of amides is 1. The fourth-order valence-electron chi connectivity index (χ4n) is 2.91. The van der Waals surface area contributed by atoms with E-state index in [2.05, 4.69) is 5.10 Å². The fourth-order valence-corrected chi connectivity index (χ4v) is 3.12. The molecule has 0 aliphatic carbocycles. The number of hydrogen-bond acceptors (Lipinski definition) is 3. The van der Waals surface area contributed by atoms with E-state index in [9.17, 15) is 4.79 Å². The van der Waals surface area contributed by atoms with E-state index in [0.29, 0.717) is 23.8 Å². The van der Waals surface area contributed by atoms with Crippen LogP contribution in [0.1, 0.15) is 21.6 Å². The Labute approximate surface area is 164 Å². The lowest BCUT2D eigenvalue weighted by molar-refractivity contribution is 0.0734. The Hall–Kier alpha value is -2.79. The van der Waals surface area contributed by atoms with E-state index in [1.807, 2.05) is 53.4 Å². The fraction of sp³-hybridized carbons (Fsp3) is 0.238. The summed E-state index contributed by atoms with van der Waals surface area (Å²) in [5.74, 6) is 0.768. The molecule has 2 aromatic carbocycles. The van der Waals surface area contributed by atoms with Gasteiger partial charge in [0.2, 0.25) is 0 Å². The minimum absolute atomic E-state index is 0.0523. The van der Waals surface area contributed by atoms with Crippen molar-refractivity contribution < 1.29 is 9.53 Å². The summed E-state index contributed by atoms with van der Waals surface area (Å²) in [6, 6.07) is 17.2. The molecule has 3 aromatic rings. The second kappa shape index (κ2) is 8.73. The van der Waals surface area contributed by atoms with Gasteiger partial charge in [0.15, 0.2) is 0 Å². The molecule has 140 valence electrons. The van der Waals surface area contributed by atoms with Crippen molar-refractivity contribution >= 4 is 17.5 Å². The topological polar surface area (TPSA) is 47.4 Å². The highest BCUT2D eigenvalue weighted by molar-refractivity contribution is 6.30. The summed E-state index contributed by atoms with van der Waals surface area (Å²) in [6.07, 6.45) is 2.38. The van der Waals surface area contributed by atoms with Gasteiger partial charge in [-0.2, -0.15) is 5.10 Å². The second-order valence-electron chi connectivity index (χ2n) is 6.29. The number of carbonyl (C=O) groups is 1. The summed E-state index contributed by atoms with van der Waals surface area (Å²) in [5.41, 5.74) is 2.70. The van der Waals surface area contributed by atoms with Crippen molar-refractivity contribution in [2.24, 2.45) is 7.05 Å². The molecule has 0 spiro atoms. The normalized spacial score (nSPS) is 10.6. The van der Waals surface area contributed by atoms with Crippen LogP contribution in [-0.4, -0.2) is 34.2 Å². The van der Waals surface area contributed by atoms with Crippen LogP contribution in [-0.2, 0) is 20.0 Å². The number of aromatic nitrogens is 2. The second-order valence-corrected chi connectivity index (χ2v) is 6.73. The third-order valence-corrected chi connectivity index (χ3v) is 4.65. The highest BCUT2D eigenvalue weighted by Crippen LogP contribution is 2.16. The van der Waals surface area contributed by atoms with Gasteiger partial charge in [-0.25, -0.2) is 0 Å². The minimum Gasteiger partial charge on any atom is -0.497 e. The van der Waals surface area contributed by atoms with Crippen LogP contribution in [0.5, 0.6) is 5.75 Å². The van der Waals surface area contributed by atoms with Crippen molar-refractivity contribution in [3.8, 4) is 5.75 Å². The Morgan fingerprint density at radius 2 is 1.93 bits per heavy atom. The number of aryl methyl sites for hydroxylation is 1.